The van der Waals surface area contributed by atoms with Gasteiger partial charge in [0.15, 0.2) is 0 Å². The lowest BCUT2D eigenvalue weighted by atomic mass is 10.1. The van der Waals surface area contributed by atoms with Gasteiger partial charge in [0.05, 0.1) is 12.7 Å². The van der Waals surface area contributed by atoms with E-state index in [4.69, 9.17) is 4.74 Å². The quantitative estimate of drug-likeness (QED) is 0.859. The van der Waals surface area contributed by atoms with E-state index < -0.39 is 0 Å². The smallest absolute Gasteiger partial charge is 0.257 e. The third-order valence-corrected chi connectivity index (χ3v) is 3.09. The van der Waals surface area contributed by atoms with E-state index in [2.05, 4.69) is 5.32 Å². The highest BCUT2D eigenvalue weighted by atomic mass is 35.5. The first-order valence-electron chi connectivity index (χ1n) is 6.01. The van der Waals surface area contributed by atoms with Crippen molar-refractivity contribution >= 4 is 18.3 Å². The highest BCUT2D eigenvalue weighted by Gasteiger charge is 2.23. The molecule has 1 heterocycles. The van der Waals surface area contributed by atoms with Gasteiger partial charge in [-0.1, -0.05) is 0 Å². The van der Waals surface area contributed by atoms with E-state index in [0.717, 1.165) is 6.54 Å². The van der Waals surface area contributed by atoms with Crippen LogP contribution in [0.1, 0.15) is 17.3 Å². The highest BCUT2D eigenvalue weighted by Crippen LogP contribution is 2.24. The monoisotopic (exact) mass is 286 g/mol. The lowest BCUT2D eigenvalue weighted by Crippen LogP contribution is -2.51. The zero-order valence-electron chi connectivity index (χ0n) is 11.0. The molecule has 6 heteroatoms. The fraction of sp³-hybridized carbons (Fsp3) is 0.462. The molecule has 0 aromatic heterocycles. The number of carbonyl (C=O) groups is 1. The number of piperazine rings is 1. The molecule has 0 spiro atoms. The van der Waals surface area contributed by atoms with Crippen molar-refractivity contribution in [3.8, 4) is 11.5 Å². The largest absolute Gasteiger partial charge is 0.507 e. The van der Waals surface area contributed by atoms with Gasteiger partial charge in [0.1, 0.15) is 11.5 Å². The zero-order valence-corrected chi connectivity index (χ0v) is 11.9. The summed E-state index contributed by atoms with van der Waals surface area (Å²) in [5.41, 5.74) is 0.324. The standard InChI is InChI=1S/C13H18N2O3.ClH/c1-9-8-15(6-5-14-9)13(17)11-4-3-10(18-2)7-12(11)16;/h3-4,7,9,14,16H,5-6,8H2,1-2H3;1H/t9-;/m1./s1. The minimum atomic E-state index is -0.136. The molecule has 2 rings (SSSR count). The number of carbonyl (C=O) groups excluding carboxylic acids is 1. The van der Waals surface area contributed by atoms with Crippen LogP contribution in [0.5, 0.6) is 11.5 Å². The number of hydrogen-bond acceptors (Lipinski definition) is 4. The van der Waals surface area contributed by atoms with Gasteiger partial charge in [-0.15, -0.1) is 12.4 Å². The summed E-state index contributed by atoms with van der Waals surface area (Å²) in [5.74, 6) is 0.367. The fourth-order valence-electron chi connectivity index (χ4n) is 2.11. The molecule has 1 saturated heterocycles. The Bertz CT molecular complexity index is 454. The summed E-state index contributed by atoms with van der Waals surface area (Å²) in [6.45, 7) is 4.14. The lowest BCUT2D eigenvalue weighted by Gasteiger charge is -2.32. The summed E-state index contributed by atoms with van der Waals surface area (Å²) in [6, 6.07) is 5.02. The van der Waals surface area contributed by atoms with E-state index in [1.165, 1.54) is 13.2 Å². The van der Waals surface area contributed by atoms with E-state index in [9.17, 15) is 9.90 Å². The van der Waals surface area contributed by atoms with E-state index in [1.807, 2.05) is 6.92 Å². The first-order valence-corrected chi connectivity index (χ1v) is 6.01. The predicted molar refractivity (Wildman–Crippen MR) is 75.3 cm³/mol. The maximum absolute atomic E-state index is 12.3. The van der Waals surface area contributed by atoms with Crippen molar-refractivity contribution in [1.29, 1.82) is 0 Å². The van der Waals surface area contributed by atoms with Crippen LogP contribution < -0.4 is 10.1 Å². The first-order chi connectivity index (χ1) is 8.61. The van der Waals surface area contributed by atoms with Crippen molar-refractivity contribution in [2.24, 2.45) is 0 Å². The van der Waals surface area contributed by atoms with Gasteiger partial charge in [-0.05, 0) is 19.1 Å². The van der Waals surface area contributed by atoms with Crippen LogP contribution in [0.4, 0.5) is 0 Å². The third-order valence-electron chi connectivity index (χ3n) is 3.09. The van der Waals surface area contributed by atoms with Gasteiger partial charge in [0.25, 0.3) is 5.91 Å². The average molecular weight is 287 g/mol. The van der Waals surface area contributed by atoms with E-state index >= 15 is 0 Å². The Balaban J connectivity index is 0.00000180. The minimum Gasteiger partial charge on any atom is -0.507 e. The summed E-state index contributed by atoms with van der Waals surface area (Å²) < 4.78 is 5.00. The Labute approximate surface area is 119 Å². The number of methoxy groups -OCH3 is 1. The van der Waals surface area contributed by atoms with E-state index in [1.54, 1.807) is 17.0 Å². The van der Waals surface area contributed by atoms with Crippen molar-refractivity contribution in [3.05, 3.63) is 23.8 Å². The Morgan fingerprint density at radius 3 is 2.84 bits per heavy atom. The molecule has 1 aliphatic rings. The van der Waals surface area contributed by atoms with Crippen LogP contribution in [-0.2, 0) is 0 Å². The number of hydrogen-bond donors (Lipinski definition) is 2. The first kappa shape index (κ1) is 15.6. The van der Waals surface area contributed by atoms with Crippen LogP contribution in [0.2, 0.25) is 0 Å². The van der Waals surface area contributed by atoms with Crippen LogP contribution in [0.15, 0.2) is 18.2 Å². The van der Waals surface area contributed by atoms with E-state index in [0.29, 0.717) is 24.4 Å². The molecule has 19 heavy (non-hydrogen) atoms. The summed E-state index contributed by atoms with van der Waals surface area (Å²) in [6.07, 6.45) is 0. The summed E-state index contributed by atoms with van der Waals surface area (Å²) >= 11 is 0. The Hall–Kier alpha value is -1.46. The maximum Gasteiger partial charge on any atom is 0.257 e. The maximum atomic E-state index is 12.3. The number of amides is 1. The molecular weight excluding hydrogens is 268 g/mol. The van der Waals surface area contributed by atoms with Crippen LogP contribution in [0.25, 0.3) is 0 Å². The minimum absolute atomic E-state index is 0. The van der Waals surface area contributed by atoms with Crippen molar-refractivity contribution in [2.75, 3.05) is 26.7 Å². The molecule has 0 unspecified atom stereocenters. The summed E-state index contributed by atoms with van der Waals surface area (Å²) in [4.78, 5) is 14.0. The SMILES string of the molecule is COc1ccc(C(=O)N2CCN[C@H](C)C2)c(O)c1.Cl. The number of halogens is 1. The molecule has 1 aliphatic heterocycles. The number of nitrogens with one attached hydrogen (secondary N) is 1. The van der Waals surface area contributed by atoms with Crippen LogP contribution in [0, 0.1) is 0 Å². The van der Waals surface area contributed by atoms with Gasteiger partial charge < -0.3 is 20.1 Å². The molecule has 0 saturated carbocycles. The van der Waals surface area contributed by atoms with Gasteiger partial charge >= 0.3 is 0 Å². The number of phenolic OH excluding ortho intramolecular Hbond substituents is 1. The number of phenols is 1. The molecule has 0 aliphatic carbocycles. The second kappa shape index (κ2) is 6.63. The highest BCUT2D eigenvalue weighted by molar-refractivity contribution is 5.97. The van der Waals surface area contributed by atoms with Crippen LogP contribution >= 0.6 is 12.4 Å². The molecule has 1 fully saturated rings. The third kappa shape index (κ3) is 3.52. The number of ether oxygens (including phenoxy) is 1. The molecule has 106 valence electrons. The zero-order chi connectivity index (χ0) is 13.1. The van der Waals surface area contributed by atoms with Crippen molar-refractivity contribution in [2.45, 2.75) is 13.0 Å². The Morgan fingerprint density at radius 2 is 2.26 bits per heavy atom. The van der Waals surface area contributed by atoms with E-state index in [-0.39, 0.29) is 30.1 Å². The second-order valence-corrected chi connectivity index (χ2v) is 4.49. The summed E-state index contributed by atoms with van der Waals surface area (Å²) in [5, 5.41) is 13.1. The predicted octanol–water partition coefficient (Wildman–Crippen LogP) is 1.26. The Morgan fingerprint density at radius 1 is 1.53 bits per heavy atom. The van der Waals surface area contributed by atoms with Gasteiger partial charge in [0, 0.05) is 31.7 Å². The van der Waals surface area contributed by atoms with Crippen molar-refractivity contribution in [1.82, 2.24) is 10.2 Å². The van der Waals surface area contributed by atoms with Crippen LogP contribution in [0.3, 0.4) is 0 Å². The van der Waals surface area contributed by atoms with Crippen molar-refractivity contribution in [3.63, 3.8) is 0 Å². The second-order valence-electron chi connectivity index (χ2n) is 4.49. The van der Waals surface area contributed by atoms with Gasteiger partial charge in [-0.3, -0.25) is 4.79 Å². The molecule has 0 bridgehead atoms. The topological polar surface area (TPSA) is 61.8 Å². The lowest BCUT2D eigenvalue weighted by molar-refractivity contribution is 0.0706. The molecule has 5 nitrogen and oxygen atoms in total. The number of benzene rings is 1. The van der Waals surface area contributed by atoms with Crippen LogP contribution in [-0.4, -0.2) is 48.7 Å². The average Bonchev–Trinajstić information content (AvgIpc) is 2.37. The van der Waals surface area contributed by atoms with Crippen molar-refractivity contribution < 1.29 is 14.6 Å². The molecule has 1 aromatic rings. The molecular formula is C13H19ClN2O3. The van der Waals surface area contributed by atoms with Gasteiger partial charge in [-0.25, -0.2) is 0 Å². The number of rotatable bonds is 2. The number of nitrogens with zero attached hydrogens (tertiary/aromatic N) is 1. The molecule has 2 N–H and O–H groups in total. The Kier molecular flexibility index (Phi) is 5.44. The fourth-order valence-corrected chi connectivity index (χ4v) is 2.11. The van der Waals surface area contributed by atoms with Gasteiger partial charge in [0.2, 0.25) is 0 Å². The molecule has 0 radical (unpaired) electrons. The number of aromatic hydroxyl groups is 1. The normalized spacial score (nSPS) is 18.6. The summed E-state index contributed by atoms with van der Waals surface area (Å²) in [7, 11) is 1.52. The molecule has 1 aromatic carbocycles. The van der Waals surface area contributed by atoms with Gasteiger partial charge in [-0.2, -0.15) is 0 Å². The molecule has 1 amide bonds. The molecule has 1 atom stereocenters.